The van der Waals surface area contributed by atoms with Crippen molar-refractivity contribution in [2.45, 2.75) is 6.92 Å². The Balaban J connectivity index is 2.85. The molecule has 18 heavy (non-hydrogen) atoms. The average molecular weight is 272 g/mol. The Kier molecular flexibility index (Phi) is 4.28. The first-order valence-electron chi connectivity index (χ1n) is 5.30. The van der Waals surface area contributed by atoms with Crippen LogP contribution in [0, 0.1) is 6.92 Å². The van der Waals surface area contributed by atoms with E-state index in [2.05, 4.69) is 4.98 Å². The van der Waals surface area contributed by atoms with Crippen molar-refractivity contribution in [1.82, 2.24) is 4.98 Å². The molecule has 0 aliphatic carbocycles. The molecule has 1 heterocycles. The molecular weight excluding hydrogens is 256 g/mol. The van der Waals surface area contributed by atoms with Crippen LogP contribution in [-0.2, 0) is 9.84 Å². The van der Waals surface area contributed by atoms with Crippen LogP contribution in [0.5, 0.6) is 0 Å². The summed E-state index contributed by atoms with van der Waals surface area (Å²) in [4.78, 5) is 16.7. The lowest BCUT2D eigenvalue weighted by molar-refractivity contribution is 0.0695. The summed E-state index contributed by atoms with van der Waals surface area (Å²) >= 11 is 0. The van der Waals surface area contributed by atoms with Gasteiger partial charge in [0.15, 0.2) is 0 Å². The first-order valence-corrected chi connectivity index (χ1v) is 7.36. The molecule has 1 rings (SSSR count). The molecule has 0 spiro atoms. The lowest BCUT2D eigenvalue weighted by Crippen LogP contribution is -2.26. The minimum atomic E-state index is -3.02. The highest BCUT2D eigenvalue weighted by atomic mass is 32.2. The predicted octanol–water partition coefficient (Wildman–Crippen LogP) is 0.569. The number of sulfone groups is 1. The molecule has 0 unspecified atom stereocenters. The minimum absolute atomic E-state index is 0.0326. The fourth-order valence-electron chi connectivity index (χ4n) is 1.40. The molecular formula is C11H16N2O4S. The van der Waals surface area contributed by atoms with Crippen molar-refractivity contribution in [2.24, 2.45) is 0 Å². The third-order valence-electron chi connectivity index (χ3n) is 2.49. The third kappa shape index (κ3) is 3.99. The van der Waals surface area contributed by atoms with Crippen LogP contribution in [0.3, 0.4) is 0 Å². The summed E-state index contributed by atoms with van der Waals surface area (Å²) in [6.45, 7) is 1.93. The Morgan fingerprint density at radius 3 is 2.50 bits per heavy atom. The second kappa shape index (κ2) is 5.34. The van der Waals surface area contributed by atoms with Gasteiger partial charge in [0.2, 0.25) is 0 Å². The van der Waals surface area contributed by atoms with Crippen molar-refractivity contribution in [3.8, 4) is 0 Å². The molecule has 0 saturated carbocycles. The predicted molar refractivity (Wildman–Crippen MR) is 68.9 cm³/mol. The molecule has 0 aliphatic rings. The number of rotatable bonds is 5. The van der Waals surface area contributed by atoms with Gasteiger partial charge < -0.3 is 10.0 Å². The van der Waals surface area contributed by atoms with Crippen LogP contribution in [0.4, 0.5) is 5.82 Å². The number of anilines is 1. The first kappa shape index (κ1) is 14.4. The van der Waals surface area contributed by atoms with Gasteiger partial charge in [0.05, 0.1) is 17.0 Å². The highest BCUT2D eigenvalue weighted by Gasteiger charge is 2.12. The van der Waals surface area contributed by atoms with Crippen LogP contribution in [0.15, 0.2) is 12.1 Å². The summed E-state index contributed by atoms with van der Waals surface area (Å²) in [7, 11) is -1.31. The average Bonchev–Trinajstić information content (AvgIpc) is 2.24. The molecule has 7 heteroatoms. The largest absolute Gasteiger partial charge is 0.478 e. The van der Waals surface area contributed by atoms with E-state index in [9.17, 15) is 13.2 Å². The van der Waals surface area contributed by atoms with Crippen LogP contribution in [0.25, 0.3) is 0 Å². The molecule has 1 aromatic rings. The van der Waals surface area contributed by atoms with Crippen LogP contribution in [0.2, 0.25) is 0 Å². The molecule has 0 aromatic carbocycles. The quantitative estimate of drug-likeness (QED) is 0.843. The Bertz CT molecular complexity index is 554. The molecule has 1 aromatic heterocycles. The van der Waals surface area contributed by atoms with E-state index in [1.54, 1.807) is 24.9 Å². The topological polar surface area (TPSA) is 87.6 Å². The number of hydrogen-bond donors (Lipinski definition) is 1. The van der Waals surface area contributed by atoms with Gasteiger partial charge in [-0.2, -0.15) is 0 Å². The molecule has 0 amide bonds. The summed E-state index contributed by atoms with van der Waals surface area (Å²) in [5.41, 5.74) is 0.557. The van der Waals surface area contributed by atoms with Crippen LogP contribution in [0.1, 0.15) is 16.1 Å². The Labute approximate surface area is 106 Å². The van der Waals surface area contributed by atoms with Crippen molar-refractivity contribution in [2.75, 3.05) is 30.5 Å². The number of nitrogens with zero attached hydrogens (tertiary/aromatic N) is 2. The molecule has 0 saturated heterocycles. The van der Waals surface area contributed by atoms with Gasteiger partial charge in [0.1, 0.15) is 15.7 Å². The van der Waals surface area contributed by atoms with Gasteiger partial charge in [-0.3, -0.25) is 0 Å². The van der Waals surface area contributed by atoms with E-state index >= 15 is 0 Å². The van der Waals surface area contributed by atoms with Crippen LogP contribution >= 0.6 is 0 Å². The Morgan fingerprint density at radius 2 is 2.06 bits per heavy atom. The van der Waals surface area contributed by atoms with Crippen molar-refractivity contribution >= 4 is 21.6 Å². The van der Waals surface area contributed by atoms with Gasteiger partial charge in [-0.1, -0.05) is 0 Å². The van der Waals surface area contributed by atoms with E-state index in [0.717, 1.165) is 0 Å². The first-order chi connectivity index (χ1) is 8.20. The number of carboxylic acids is 1. The zero-order chi connectivity index (χ0) is 13.9. The lowest BCUT2D eigenvalue weighted by atomic mass is 10.2. The summed E-state index contributed by atoms with van der Waals surface area (Å²) in [5, 5.41) is 8.87. The number of carboxylic acid groups (broad SMARTS) is 1. The number of carbonyl (C=O) groups is 1. The number of aromatic nitrogens is 1. The number of aryl methyl sites for hydroxylation is 1. The second-order valence-electron chi connectivity index (χ2n) is 4.16. The maximum atomic E-state index is 11.1. The van der Waals surface area contributed by atoms with E-state index in [-0.39, 0.29) is 11.3 Å². The number of hydrogen-bond acceptors (Lipinski definition) is 5. The second-order valence-corrected chi connectivity index (χ2v) is 6.42. The number of aromatic carboxylic acids is 1. The van der Waals surface area contributed by atoms with Crippen molar-refractivity contribution < 1.29 is 18.3 Å². The van der Waals surface area contributed by atoms with Crippen molar-refractivity contribution in [3.63, 3.8) is 0 Å². The molecule has 0 fully saturated rings. The minimum Gasteiger partial charge on any atom is -0.478 e. The molecule has 1 N–H and O–H groups in total. The van der Waals surface area contributed by atoms with Gasteiger partial charge >= 0.3 is 5.97 Å². The fraction of sp³-hybridized carbons (Fsp3) is 0.455. The maximum Gasteiger partial charge on any atom is 0.337 e. The highest BCUT2D eigenvalue weighted by molar-refractivity contribution is 7.90. The van der Waals surface area contributed by atoms with Gasteiger partial charge in [0.25, 0.3) is 0 Å². The van der Waals surface area contributed by atoms with Crippen LogP contribution in [-0.4, -0.2) is 50.1 Å². The molecule has 0 radical (unpaired) electrons. The normalized spacial score (nSPS) is 11.3. The van der Waals surface area contributed by atoms with Gasteiger partial charge in [-0.15, -0.1) is 0 Å². The van der Waals surface area contributed by atoms with E-state index in [0.29, 0.717) is 18.1 Å². The van der Waals surface area contributed by atoms with Crippen molar-refractivity contribution in [3.05, 3.63) is 23.4 Å². The van der Waals surface area contributed by atoms with E-state index in [4.69, 9.17) is 5.11 Å². The Hall–Kier alpha value is -1.63. The molecule has 100 valence electrons. The smallest absolute Gasteiger partial charge is 0.337 e. The summed E-state index contributed by atoms with van der Waals surface area (Å²) in [6, 6.07) is 3.04. The van der Waals surface area contributed by atoms with E-state index in [1.165, 1.54) is 12.3 Å². The summed E-state index contributed by atoms with van der Waals surface area (Å²) < 4.78 is 22.1. The lowest BCUT2D eigenvalue weighted by Gasteiger charge is -2.18. The van der Waals surface area contributed by atoms with E-state index in [1.807, 2.05) is 0 Å². The standard InChI is InChI=1S/C11H16N2O4S/c1-8-9(11(14)15)4-5-10(12-8)13(2)6-7-18(3,16)17/h4-5H,6-7H2,1-3H3,(H,14,15). The van der Waals surface area contributed by atoms with E-state index < -0.39 is 15.8 Å². The zero-order valence-electron chi connectivity index (χ0n) is 10.5. The fourth-order valence-corrected chi connectivity index (χ4v) is 2.01. The van der Waals surface area contributed by atoms with Crippen LogP contribution < -0.4 is 4.90 Å². The van der Waals surface area contributed by atoms with Crippen molar-refractivity contribution in [1.29, 1.82) is 0 Å². The van der Waals surface area contributed by atoms with Gasteiger partial charge in [-0.05, 0) is 19.1 Å². The molecule has 0 aliphatic heterocycles. The van der Waals surface area contributed by atoms with Gasteiger partial charge in [-0.25, -0.2) is 18.2 Å². The summed E-state index contributed by atoms with van der Waals surface area (Å²) in [5.74, 6) is -0.434. The SMILES string of the molecule is Cc1nc(N(C)CCS(C)(=O)=O)ccc1C(=O)O. The summed E-state index contributed by atoms with van der Waals surface area (Å²) in [6.07, 6.45) is 1.17. The molecule has 0 atom stereocenters. The zero-order valence-corrected chi connectivity index (χ0v) is 11.4. The maximum absolute atomic E-state index is 11.1. The Morgan fingerprint density at radius 1 is 1.44 bits per heavy atom. The number of pyridine rings is 1. The van der Waals surface area contributed by atoms with Gasteiger partial charge in [0, 0.05) is 19.8 Å². The highest BCUT2D eigenvalue weighted by Crippen LogP contribution is 2.13. The monoisotopic (exact) mass is 272 g/mol. The molecule has 6 nitrogen and oxygen atoms in total. The third-order valence-corrected chi connectivity index (χ3v) is 3.41. The molecule has 0 bridgehead atoms.